The van der Waals surface area contributed by atoms with Crippen molar-refractivity contribution in [2.24, 2.45) is 0 Å². The Balaban J connectivity index is 1.19. The molecular weight excluding hydrogens is 598 g/mol. The van der Waals surface area contributed by atoms with E-state index in [-0.39, 0.29) is 23.9 Å². The molecule has 0 spiro atoms. The minimum absolute atomic E-state index is 0.181. The van der Waals surface area contributed by atoms with Crippen molar-refractivity contribution in [2.45, 2.75) is 26.3 Å². The van der Waals surface area contributed by atoms with Crippen LogP contribution in [-0.4, -0.2) is 24.4 Å². The van der Waals surface area contributed by atoms with Gasteiger partial charge >= 0.3 is 6.03 Å². The van der Waals surface area contributed by atoms with Crippen LogP contribution in [0.2, 0.25) is 0 Å². The van der Waals surface area contributed by atoms with Crippen LogP contribution in [0.4, 0.5) is 21.9 Å². The van der Waals surface area contributed by atoms with Crippen LogP contribution >= 0.6 is 0 Å². The first-order chi connectivity index (χ1) is 23.3. The summed E-state index contributed by atoms with van der Waals surface area (Å²) in [4.78, 5) is 39.4. The van der Waals surface area contributed by atoms with E-state index in [1.54, 1.807) is 18.2 Å². The highest BCUT2D eigenvalue weighted by Crippen LogP contribution is 2.37. The zero-order valence-corrected chi connectivity index (χ0v) is 26.8. The average molecular weight is 636 g/mol. The number of urea groups is 1. The van der Waals surface area contributed by atoms with Crippen molar-refractivity contribution < 1.29 is 14.4 Å². The molecule has 6 rings (SSSR count). The summed E-state index contributed by atoms with van der Waals surface area (Å²) in [6.45, 7) is 4.44. The molecule has 1 atom stereocenters. The van der Waals surface area contributed by atoms with Gasteiger partial charge in [-0.05, 0) is 85.0 Å². The molecule has 0 fully saturated rings. The second-order valence-corrected chi connectivity index (χ2v) is 11.8. The SMILES string of the molecule is Cc1cccc(NC(=O)Nc2cccc(CCN/C(=C3\C(=O)Nc4ccc(C(=O)N[C@H](C)c5ccccc5)cc43)c3ccccc3)c2)c1. The van der Waals surface area contributed by atoms with E-state index in [4.69, 9.17) is 0 Å². The zero-order valence-electron chi connectivity index (χ0n) is 26.8. The number of carbonyl (C=O) groups excluding carboxylic acids is 3. The van der Waals surface area contributed by atoms with Gasteiger partial charge in [-0.2, -0.15) is 0 Å². The predicted octanol–water partition coefficient (Wildman–Crippen LogP) is 7.78. The van der Waals surface area contributed by atoms with E-state index < -0.39 is 0 Å². The number of anilines is 3. The number of hydrogen-bond donors (Lipinski definition) is 5. The number of hydrogen-bond acceptors (Lipinski definition) is 4. The highest BCUT2D eigenvalue weighted by Gasteiger charge is 2.29. The van der Waals surface area contributed by atoms with Crippen LogP contribution < -0.4 is 26.6 Å². The predicted molar refractivity (Wildman–Crippen MR) is 193 cm³/mol. The molecule has 1 aliphatic rings. The Hall–Kier alpha value is -6.15. The molecule has 5 aromatic rings. The highest BCUT2D eigenvalue weighted by molar-refractivity contribution is 6.36. The molecule has 0 saturated carbocycles. The standard InChI is InChI=1S/C40H37N5O3/c1-26-11-9-17-32(23-26)43-40(48)44-33-18-10-12-28(24-33)21-22-41-37(30-15-7-4-8-16-30)36-34-25-31(19-20-35(34)45-39(36)47)38(46)42-27(2)29-13-5-3-6-14-29/h3-20,23-25,27,41H,21-22H2,1-2H3,(H,42,46)(H,45,47)(H2,43,44,48)/b37-36-/t27-/m1/s1. The van der Waals surface area contributed by atoms with Crippen molar-refractivity contribution in [3.63, 3.8) is 0 Å². The van der Waals surface area contributed by atoms with Gasteiger partial charge in [0.25, 0.3) is 11.8 Å². The van der Waals surface area contributed by atoms with Crippen LogP contribution in [0.15, 0.2) is 127 Å². The molecule has 1 aliphatic heterocycles. The first kappa shape index (κ1) is 31.8. The van der Waals surface area contributed by atoms with Crippen LogP contribution in [-0.2, 0) is 11.2 Å². The summed E-state index contributed by atoms with van der Waals surface area (Å²) in [5.74, 6) is -0.458. The summed E-state index contributed by atoms with van der Waals surface area (Å²) in [5.41, 5.74) is 8.27. The van der Waals surface area contributed by atoms with Crippen molar-refractivity contribution in [2.75, 3.05) is 22.5 Å². The van der Waals surface area contributed by atoms with E-state index in [1.807, 2.05) is 123 Å². The molecule has 8 heteroatoms. The van der Waals surface area contributed by atoms with Gasteiger partial charge in [0.05, 0.1) is 17.3 Å². The maximum absolute atomic E-state index is 13.5. The molecule has 5 N–H and O–H groups in total. The summed E-state index contributed by atoms with van der Waals surface area (Å²) < 4.78 is 0. The fraction of sp³-hybridized carbons (Fsp3) is 0.125. The number of aryl methyl sites for hydroxylation is 1. The topological polar surface area (TPSA) is 111 Å². The lowest BCUT2D eigenvalue weighted by Crippen LogP contribution is -2.26. The van der Waals surface area contributed by atoms with Gasteiger partial charge in [0.15, 0.2) is 0 Å². The Morgan fingerprint density at radius 2 is 1.42 bits per heavy atom. The van der Waals surface area contributed by atoms with Crippen molar-refractivity contribution in [3.05, 3.63) is 161 Å². The van der Waals surface area contributed by atoms with Gasteiger partial charge in [-0.1, -0.05) is 84.9 Å². The fourth-order valence-corrected chi connectivity index (χ4v) is 5.75. The third kappa shape index (κ3) is 7.62. The van der Waals surface area contributed by atoms with Crippen LogP contribution in [0, 0.1) is 6.92 Å². The monoisotopic (exact) mass is 635 g/mol. The Bertz CT molecular complexity index is 1990. The van der Waals surface area contributed by atoms with E-state index in [2.05, 4.69) is 26.6 Å². The normalized spacial score (nSPS) is 13.5. The van der Waals surface area contributed by atoms with Crippen molar-refractivity contribution >= 4 is 46.2 Å². The van der Waals surface area contributed by atoms with Crippen molar-refractivity contribution in [1.29, 1.82) is 0 Å². The van der Waals surface area contributed by atoms with Crippen LogP contribution in [0.5, 0.6) is 0 Å². The maximum atomic E-state index is 13.5. The fourth-order valence-electron chi connectivity index (χ4n) is 5.75. The zero-order chi connectivity index (χ0) is 33.5. The van der Waals surface area contributed by atoms with Gasteiger partial charge in [0.1, 0.15) is 0 Å². The third-order valence-corrected chi connectivity index (χ3v) is 8.16. The molecule has 0 aromatic heterocycles. The molecule has 5 aromatic carbocycles. The molecule has 0 radical (unpaired) electrons. The molecule has 0 saturated heterocycles. The molecule has 1 heterocycles. The Kier molecular flexibility index (Phi) is 9.62. The van der Waals surface area contributed by atoms with Crippen molar-refractivity contribution in [1.82, 2.24) is 10.6 Å². The molecular formula is C40H37N5O3. The number of benzene rings is 5. The minimum Gasteiger partial charge on any atom is -0.384 e. The Morgan fingerprint density at radius 3 is 2.15 bits per heavy atom. The van der Waals surface area contributed by atoms with E-state index in [0.29, 0.717) is 46.7 Å². The third-order valence-electron chi connectivity index (χ3n) is 8.16. The van der Waals surface area contributed by atoms with E-state index in [9.17, 15) is 14.4 Å². The maximum Gasteiger partial charge on any atom is 0.323 e. The lowest BCUT2D eigenvalue weighted by Gasteiger charge is -2.16. The summed E-state index contributed by atoms with van der Waals surface area (Å²) in [6.07, 6.45) is 0.632. The molecule has 0 unspecified atom stereocenters. The highest BCUT2D eigenvalue weighted by atomic mass is 16.2. The second-order valence-electron chi connectivity index (χ2n) is 11.8. The minimum atomic E-state index is -0.319. The van der Waals surface area contributed by atoms with Crippen LogP contribution in [0.3, 0.4) is 0 Å². The molecule has 0 bridgehead atoms. The number of fused-ring (bicyclic) bond motifs is 1. The summed E-state index contributed by atoms with van der Waals surface area (Å²) in [6, 6.07) is 39.6. The molecule has 0 aliphatic carbocycles. The van der Waals surface area contributed by atoms with Crippen LogP contribution in [0.1, 0.15) is 51.1 Å². The second kappa shape index (κ2) is 14.5. The van der Waals surface area contributed by atoms with Gasteiger partial charge in [-0.3, -0.25) is 9.59 Å². The first-order valence-electron chi connectivity index (χ1n) is 15.9. The van der Waals surface area contributed by atoms with Gasteiger partial charge in [0, 0.05) is 34.7 Å². The lowest BCUT2D eigenvalue weighted by molar-refractivity contribution is -0.110. The van der Waals surface area contributed by atoms with Crippen molar-refractivity contribution in [3.8, 4) is 0 Å². The van der Waals surface area contributed by atoms with Gasteiger partial charge in [-0.25, -0.2) is 4.79 Å². The van der Waals surface area contributed by atoms with Crippen LogP contribution in [0.25, 0.3) is 11.3 Å². The number of nitrogens with one attached hydrogen (secondary N) is 5. The number of amides is 4. The van der Waals surface area contributed by atoms with Gasteiger partial charge in [-0.15, -0.1) is 0 Å². The quantitative estimate of drug-likeness (QED) is 0.101. The smallest absolute Gasteiger partial charge is 0.323 e. The molecule has 8 nitrogen and oxygen atoms in total. The van der Waals surface area contributed by atoms with Gasteiger partial charge < -0.3 is 26.6 Å². The van der Waals surface area contributed by atoms with E-state index in [1.165, 1.54) is 0 Å². The molecule has 4 amide bonds. The molecule has 240 valence electrons. The summed E-state index contributed by atoms with van der Waals surface area (Å²) in [5, 5.41) is 15.3. The number of carbonyl (C=O) groups is 3. The van der Waals surface area contributed by atoms with E-state index >= 15 is 0 Å². The average Bonchev–Trinajstić information content (AvgIpc) is 3.42. The Morgan fingerprint density at radius 1 is 0.729 bits per heavy atom. The largest absolute Gasteiger partial charge is 0.384 e. The van der Waals surface area contributed by atoms with Gasteiger partial charge in [0.2, 0.25) is 0 Å². The molecule has 48 heavy (non-hydrogen) atoms. The van der Waals surface area contributed by atoms with E-state index in [0.717, 1.165) is 27.9 Å². The Labute approximate surface area is 280 Å². The summed E-state index contributed by atoms with van der Waals surface area (Å²) in [7, 11) is 0. The number of rotatable bonds is 10. The first-order valence-corrected chi connectivity index (χ1v) is 15.9. The lowest BCUT2D eigenvalue weighted by atomic mass is 9.98. The summed E-state index contributed by atoms with van der Waals surface area (Å²) >= 11 is 0.